The standard InChI is InChI=1S/C10H15ClN2O/c1-4-8(11)7(2)9-5-10(14-3)13-6-12-9/h5-8H,4H2,1-3H3. The zero-order valence-corrected chi connectivity index (χ0v) is 9.45. The Hall–Kier alpha value is -0.830. The first kappa shape index (κ1) is 11.2. The van der Waals surface area contributed by atoms with Crippen LogP contribution in [0.4, 0.5) is 0 Å². The van der Waals surface area contributed by atoms with Gasteiger partial charge in [0.05, 0.1) is 12.8 Å². The Bertz CT molecular complexity index is 293. The molecule has 0 bridgehead atoms. The van der Waals surface area contributed by atoms with E-state index in [1.54, 1.807) is 7.11 Å². The first-order chi connectivity index (χ1) is 6.69. The summed E-state index contributed by atoms with van der Waals surface area (Å²) in [5, 5.41) is 0.106. The van der Waals surface area contributed by atoms with Gasteiger partial charge >= 0.3 is 0 Å². The fourth-order valence-electron chi connectivity index (χ4n) is 1.25. The molecule has 1 rings (SSSR count). The van der Waals surface area contributed by atoms with Crippen molar-refractivity contribution in [2.75, 3.05) is 7.11 Å². The summed E-state index contributed by atoms with van der Waals surface area (Å²) >= 11 is 6.14. The van der Waals surface area contributed by atoms with Gasteiger partial charge in [-0.25, -0.2) is 9.97 Å². The van der Waals surface area contributed by atoms with Crippen LogP contribution in [0, 0.1) is 0 Å². The van der Waals surface area contributed by atoms with Crippen LogP contribution in [-0.4, -0.2) is 22.5 Å². The Balaban J connectivity index is 2.83. The van der Waals surface area contributed by atoms with Crippen molar-refractivity contribution in [2.45, 2.75) is 31.6 Å². The van der Waals surface area contributed by atoms with Crippen LogP contribution >= 0.6 is 11.6 Å². The number of nitrogens with zero attached hydrogens (tertiary/aromatic N) is 2. The Morgan fingerprint density at radius 3 is 2.79 bits per heavy atom. The van der Waals surface area contributed by atoms with E-state index in [0.717, 1.165) is 12.1 Å². The highest BCUT2D eigenvalue weighted by Crippen LogP contribution is 2.24. The molecule has 14 heavy (non-hydrogen) atoms. The first-order valence-electron chi connectivity index (χ1n) is 4.69. The number of ether oxygens (including phenoxy) is 1. The highest BCUT2D eigenvalue weighted by Gasteiger charge is 2.16. The predicted molar refractivity (Wildman–Crippen MR) is 56.9 cm³/mol. The third-order valence-electron chi connectivity index (χ3n) is 2.27. The van der Waals surface area contributed by atoms with E-state index in [1.165, 1.54) is 6.33 Å². The molecule has 0 radical (unpaired) electrons. The minimum Gasteiger partial charge on any atom is -0.481 e. The number of hydrogen-bond donors (Lipinski definition) is 0. The minimum atomic E-state index is 0.106. The van der Waals surface area contributed by atoms with Gasteiger partial charge in [0.25, 0.3) is 0 Å². The van der Waals surface area contributed by atoms with Crippen LogP contribution in [0.5, 0.6) is 5.88 Å². The topological polar surface area (TPSA) is 35.0 Å². The number of hydrogen-bond acceptors (Lipinski definition) is 3. The van der Waals surface area contributed by atoms with E-state index in [1.807, 2.05) is 6.07 Å². The first-order valence-corrected chi connectivity index (χ1v) is 5.12. The highest BCUT2D eigenvalue weighted by molar-refractivity contribution is 6.21. The average Bonchev–Trinajstić information content (AvgIpc) is 2.27. The third kappa shape index (κ3) is 2.58. The van der Waals surface area contributed by atoms with Crippen LogP contribution in [0.25, 0.3) is 0 Å². The summed E-state index contributed by atoms with van der Waals surface area (Å²) in [6.45, 7) is 4.12. The molecule has 1 aromatic rings. The van der Waals surface area contributed by atoms with E-state index < -0.39 is 0 Å². The van der Waals surface area contributed by atoms with E-state index in [-0.39, 0.29) is 11.3 Å². The molecular formula is C10H15ClN2O. The van der Waals surface area contributed by atoms with Crippen molar-refractivity contribution >= 4 is 11.6 Å². The van der Waals surface area contributed by atoms with Crippen LogP contribution in [-0.2, 0) is 0 Å². The zero-order chi connectivity index (χ0) is 10.6. The minimum absolute atomic E-state index is 0.106. The molecule has 0 N–H and O–H groups in total. The van der Waals surface area contributed by atoms with E-state index >= 15 is 0 Å². The molecule has 0 amide bonds. The number of methoxy groups -OCH3 is 1. The van der Waals surface area contributed by atoms with E-state index in [0.29, 0.717) is 5.88 Å². The van der Waals surface area contributed by atoms with Crippen molar-refractivity contribution in [3.63, 3.8) is 0 Å². The van der Waals surface area contributed by atoms with Gasteiger partial charge in [0.2, 0.25) is 5.88 Å². The molecule has 78 valence electrons. The largest absolute Gasteiger partial charge is 0.481 e. The normalized spacial score (nSPS) is 14.9. The second-order valence-electron chi connectivity index (χ2n) is 3.20. The fourth-order valence-corrected chi connectivity index (χ4v) is 1.38. The van der Waals surface area contributed by atoms with E-state index in [9.17, 15) is 0 Å². The maximum atomic E-state index is 6.14. The van der Waals surface area contributed by atoms with Gasteiger partial charge in [-0.2, -0.15) is 0 Å². The molecule has 4 heteroatoms. The lowest BCUT2D eigenvalue weighted by atomic mass is 10.0. The monoisotopic (exact) mass is 214 g/mol. The molecule has 3 nitrogen and oxygen atoms in total. The molecule has 0 saturated carbocycles. The zero-order valence-electron chi connectivity index (χ0n) is 8.70. The summed E-state index contributed by atoms with van der Waals surface area (Å²) in [7, 11) is 1.59. The molecule has 1 aromatic heterocycles. The molecule has 2 atom stereocenters. The van der Waals surface area contributed by atoms with Crippen LogP contribution in [0.15, 0.2) is 12.4 Å². The van der Waals surface area contributed by atoms with Crippen molar-refractivity contribution in [1.29, 1.82) is 0 Å². The summed E-state index contributed by atoms with van der Waals surface area (Å²) in [6, 6.07) is 1.83. The average molecular weight is 215 g/mol. The molecular weight excluding hydrogens is 200 g/mol. The quantitative estimate of drug-likeness (QED) is 0.723. The van der Waals surface area contributed by atoms with Gasteiger partial charge in [0.1, 0.15) is 6.33 Å². The second kappa shape index (κ2) is 5.15. The van der Waals surface area contributed by atoms with Gasteiger partial charge in [0.15, 0.2) is 0 Å². The molecule has 0 saturated heterocycles. The van der Waals surface area contributed by atoms with Crippen molar-refractivity contribution in [3.8, 4) is 5.88 Å². The summed E-state index contributed by atoms with van der Waals surface area (Å²) in [5.41, 5.74) is 0.929. The third-order valence-corrected chi connectivity index (χ3v) is 2.96. The maximum absolute atomic E-state index is 6.14. The number of alkyl halides is 1. The summed E-state index contributed by atoms with van der Waals surface area (Å²) in [4.78, 5) is 8.13. The molecule has 0 aliphatic rings. The lowest BCUT2D eigenvalue weighted by Crippen LogP contribution is -2.10. The Morgan fingerprint density at radius 2 is 2.21 bits per heavy atom. The second-order valence-corrected chi connectivity index (χ2v) is 3.76. The van der Waals surface area contributed by atoms with Gasteiger partial charge in [0, 0.05) is 17.4 Å². The molecule has 1 heterocycles. The molecule has 0 fully saturated rings. The van der Waals surface area contributed by atoms with Crippen LogP contribution < -0.4 is 4.74 Å². The van der Waals surface area contributed by atoms with Gasteiger partial charge < -0.3 is 4.74 Å². The summed E-state index contributed by atoms with van der Waals surface area (Å²) < 4.78 is 5.02. The summed E-state index contributed by atoms with van der Waals surface area (Å²) in [5.74, 6) is 0.806. The van der Waals surface area contributed by atoms with Crippen LogP contribution in [0.1, 0.15) is 31.9 Å². The molecule has 0 aliphatic heterocycles. The molecule has 0 spiro atoms. The lowest BCUT2D eigenvalue weighted by molar-refractivity contribution is 0.395. The van der Waals surface area contributed by atoms with Crippen LogP contribution in [0.2, 0.25) is 0 Å². The molecule has 0 aromatic carbocycles. The SMILES string of the molecule is CCC(Cl)C(C)c1cc(OC)ncn1. The number of halogens is 1. The Labute approximate surface area is 89.5 Å². The number of rotatable bonds is 4. The maximum Gasteiger partial charge on any atom is 0.216 e. The van der Waals surface area contributed by atoms with Crippen molar-refractivity contribution in [2.24, 2.45) is 0 Å². The van der Waals surface area contributed by atoms with Gasteiger partial charge in [-0.3, -0.25) is 0 Å². The highest BCUT2D eigenvalue weighted by atomic mass is 35.5. The van der Waals surface area contributed by atoms with Crippen molar-refractivity contribution < 1.29 is 4.74 Å². The number of aromatic nitrogens is 2. The fraction of sp³-hybridized carbons (Fsp3) is 0.600. The lowest BCUT2D eigenvalue weighted by Gasteiger charge is -2.15. The molecule has 0 aliphatic carbocycles. The van der Waals surface area contributed by atoms with E-state index in [4.69, 9.17) is 16.3 Å². The van der Waals surface area contributed by atoms with Gasteiger partial charge in [-0.05, 0) is 6.42 Å². The predicted octanol–water partition coefficient (Wildman–Crippen LogP) is 2.61. The smallest absolute Gasteiger partial charge is 0.216 e. The van der Waals surface area contributed by atoms with Gasteiger partial charge in [-0.1, -0.05) is 13.8 Å². The molecule has 2 unspecified atom stereocenters. The van der Waals surface area contributed by atoms with Crippen molar-refractivity contribution in [3.05, 3.63) is 18.1 Å². The van der Waals surface area contributed by atoms with Crippen molar-refractivity contribution in [1.82, 2.24) is 9.97 Å². The Morgan fingerprint density at radius 1 is 1.50 bits per heavy atom. The van der Waals surface area contributed by atoms with Gasteiger partial charge in [-0.15, -0.1) is 11.6 Å². The van der Waals surface area contributed by atoms with E-state index in [2.05, 4.69) is 23.8 Å². The summed E-state index contributed by atoms with van der Waals surface area (Å²) in [6.07, 6.45) is 2.43. The van der Waals surface area contributed by atoms with Crippen LogP contribution in [0.3, 0.4) is 0 Å². The Kier molecular flexibility index (Phi) is 4.14.